The smallest absolute Gasteiger partial charge is 0.329 e. The molecular formula is C11H15N3O3S. The second-order valence-corrected chi connectivity index (χ2v) is 4.30. The molecule has 1 heterocycles. The topological polar surface area (TPSA) is 79.8 Å². The number of nitrogens with zero attached hydrogens (tertiary/aromatic N) is 1. The van der Waals surface area contributed by atoms with Crippen LogP contribution in [0, 0.1) is 0 Å². The molecule has 0 saturated heterocycles. The van der Waals surface area contributed by atoms with Gasteiger partial charge in [-0.1, -0.05) is 6.07 Å². The standard InChI is InChI=1S/C11H15N3O3S/c1-17-6-3-5-12-10(15)11(16)14-13-8-9-4-2-7-18-9/h2,4,7-8H,3,5-6H2,1H3,(H,12,15)(H,14,16)/b13-8+. The third kappa shape index (κ3) is 5.55. The first kappa shape index (κ1) is 14.3. The maximum absolute atomic E-state index is 11.3. The minimum absolute atomic E-state index is 0.398. The van der Waals surface area contributed by atoms with E-state index < -0.39 is 11.8 Å². The lowest BCUT2D eigenvalue weighted by Crippen LogP contribution is -2.38. The third-order valence-corrected chi connectivity index (χ3v) is 2.72. The van der Waals surface area contributed by atoms with Crippen molar-refractivity contribution in [3.63, 3.8) is 0 Å². The molecule has 6 nitrogen and oxygen atoms in total. The highest BCUT2D eigenvalue weighted by Gasteiger charge is 2.10. The highest BCUT2D eigenvalue weighted by molar-refractivity contribution is 7.11. The molecule has 0 bridgehead atoms. The Morgan fingerprint density at radius 2 is 2.33 bits per heavy atom. The van der Waals surface area contributed by atoms with Crippen LogP contribution in [0.1, 0.15) is 11.3 Å². The lowest BCUT2D eigenvalue weighted by Gasteiger charge is -2.02. The van der Waals surface area contributed by atoms with Crippen molar-refractivity contribution in [2.75, 3.05) is 20.3 Å². The zero-order valence-electron chi connectivity index (χ0n) is 10.0. The number of carbonyl (C=O) groups excluding carboxylic acids is 2. The highest BCUT2D eigenvalue weighted by Crippen LogP contribution is 2.03. The van der Waals surface area contributed by atoms with Crippen LogP contribution in [0.3, 0.4) is 0 Å². The molecule has 1 rings (SSSR count). The Labute approximate surface area is 109 Å². The van der Waals surface area contributed by atoms with Crippen LogP contribution in [0.2, 0.25) is 0 Å². The predicted molar refractivity (Wildman–Crippen MR) is 69.6 cm³/mol. The second kappa shape index (κ2) is 8.37. The van der Waals surface area contributed by atoms with Crippen LogP contribution in [0.25, 0.3) is 0 Å². The Bertz CT molecular complexity index is 404. The summed E-state index contributed by atoms with van der Waals surface area (Å²) in [5.41, 5.74) is 2.16. The van der Waals surface area contributed by atoms with Gasteiger partial charge in [-0.25, -0.2) is 5.43 Å². The molecule has 0 aliphatic heterocycles. The quantitative estimate of drug-likeness (QED) is 0.338. The van der Waals surface area contributed by atoms with Gasteiger partial charge in [-0.3, -0.25) is 9.59 Å². The summed E-state index contributed by atoms with van der Waals surface area (Å²) in [5.74, 6) is -1.48. The molecule has 0 aromatic carbocycles. The number of hydrazone groups is 1. The molecule has 2 amide bonds. The predicted octanol–water partition coefficient (Wildman–Crippen LogP) is 0.351. The van der Waals surface area contributed by atoms with Crippen molar-refractivity contribution in [1.82, 2.24) is 10.7 Å². The van der Waals surface area contributed by atoms with E-state index in [-0.39, 0.29) is 0 Å². The summed E-state index contributed by atoms with van der Waals surface area (Å²) in [6.07, 6.45) is 2.15. The summed E-state index contributed by atoms with van der Waals surface area (Å²) in [4.78, 5) is 23.4. The van der Waals surface area contributed by atoms with Crippen LogP contribution < -0.4 is 10.7 Å². The number of hydrogen-bond acceptors (Lipinski definition) is 5. The van der Waals surface area contributed by atoms with E-state index in [9.17, 15) is 9.59 Å². The average Bonchev–Trinajstić information content (AvgIpc) is 2.87. The van der Waals surface area contributed by atoms with Gasteiger partial charge in [0.05, 0.1) is 6.21 Å². The van der Waals surface area contributed by atoms with Crippen molar-refractivity contribution >= 4 is 29.4 Å². The minimum Gasteiger partial charge on any atom is -0.385 e. The molecule has 0 fully saturated rings. The van der Waals surface area contributed by atoms with Crippen LogP contribution in [-0.2, 0) is 14.3 Å². The number of carbonyl (C=O) groups is 2. The van der Waals surface area contributed by atoms with E-state index in [0.29, 0.717) is 19.6 Å². The number of rotatable bonds is 6. The van der Waals surface area contributed by atoms with Crippen LogP contribution in [0.4, 0.5) is 0 Å². The maximum atomic E-state index is 11.3. The van der Waals surface area contributed by atoms with Crippen molar-refractivity contribution in [3.8, 4) is 0 Å². The van der Waals surface area contributed by atoms with Gasteiger partial charge in [0.1, 0.15) is 0 Å². The van der Waals surface area contributed by atoms with E-state index in [1.54, 1.807) is 7.11 Å². The van der Waals surface area contributed by atoms with E-state index in [1.807, 2.05) is 17.5 Å². The molecule has 18 heavy (non-hydrogen) atoms. The molecule has 7 heteroatoms. The minimum atomic E-state index is -0.778. The summed E-state index contributed by atoms with van der Waals surface area (Å²) in [5, 5.41) is 8.03. The lowest BCUT2D eigenvalue weighted by molar-refractivity contribution is -0.139. The van der Waals surface area contributed by atoms with Crippen LogP contribution in [0.15, 0.2) is 22.6 Å². The molecule has 0 unspecified atom stereocenters. The molecule has 1 aromatic rings. The SMILES string of the molecule is COCCCNC(=O)C(=O)N/N=C/c1cccs1. The first-order chi connectivity index (χ1) is 8.74. The second-order valence-electron chi connectivity index (χ2n) is 3.32. The Balaban J connectivity index is 2.21. The Morgan fingerprint density at radius 1 is 1.50 bits per heavy atom. The molecule has 0 saturated carbocycles. The molecule has 2 N–H and O–H groups in total. The fraction of sp³-hybridized carbons (Fsp3) is 0.364. The average molecular weight is 269 g/mol. The van der Waals surface area contributed by atoms with Gasteiger partial charge in [0, 0.05) is 25.1 Å². The Kier molecular flexibility index (Phi) is 6.67. The van der Waals surface area contributed by atoms with E-state index >= 15 is 0 Å². The van der Waals surface area contributed by atoms with Gasteiger partial charge in [0.15, 0.2) is 0 Å². The first-order valence-electron chi connectivity index (χ1n) is 5.37. The van der Waals surface area contributed by atoms with Gasteiger partial charge in [-0.05, 0) is 17.9 Å². The number of hydrogen-bond donors (Lipinski definition) is 2. The van der Waals surface area contributed by atoms with Gasteiger partial charge in [0.2, 0.25) is 0 Å². The fourth-order valence-corrected chi connectivity index (χ4v) is 1.65. The van der Waals surface area contributed by atoms with Crippen LogP contribution in [-0.4, -0.2) is 38.3 Å². The van der Waals surface area contributed by atoms with E-state index in [2.05, 4.69) is 15.8 Å². The molecule has 0 aliphatic rings. The molecule has 1 aromatic heterocycles. The molecule has 98 valence electrons. The summed E-state index contributed by atoms with van der Waals surface area (Å²) in [6, 6.07) is 3.72. The fourth-order valence-electron chi connectivity index (χ4n) is 1.07. The third-order valence-electron chi connectivity index (χ3n) is 1.92. The largest absolute Gasteiger partial charge is 0.385 e. The van der Waals surface area contributed by atoms with Crippen molar-refractivity contribution < 1.29 is 14.3 Å². The number of ether oxygens (including phenoxy) is 1. The molecule has 0 radical (unpaired) electrons. The Hall–Kier alpha value is -1.73. The molecule has 0 spiro atoms. The molecular weight excluding hydrogens is 254 g/mol. The summed E-state index contributed by atoms with van der Waals surface area (Å²) < 4.78 is 4.82. The summed E-state index contributed by atoms with van der Waals surface area (Å²) >= 11 is 1.49. The molecule has 0 aliphatic carbocycles. The van der Waals surface area contributed by atoms with Gasteiger partial charge in [-0.2, -0.15) is 5.10 Å². The first-order valence-corrected chi connectivity index (χ1v) is 6.25. The zero-order valence-corrected chi connectivity index (χ0v) is 10.8. The number of nitrogens with one attached hydrogen (secondary N) is 2. The highest BCUT2D eigenvalue weighted by atomic mass is 32.1. The van der Waals surface area contributed by atoms with Gasteiger partial charge in [0.25, 0.3) is 0 Å². The Morgan fingerprint density at radius 3 is 3.00 bits per heavy atom. The van der Waals surface area contributed by atoms with Gasteiger partial charge < -0.3 is 10.1 Å². The van der Waals surface area contributed by atoms with E-state index in [1.165, 1.54) is 17.6 Å². The van der Waals surface area contributed by atoms with E-state index in [4.69, 9.17) is 4.74 Å². The van der Waals surface area contributed by atoms with Gasteiger partial charge >= 0.3 is 11.8 Å². The normalized spacial score (nSPS) is 10.5. The van der Waals surface area contributed by atoms with Crippen molar-refractivity contribution in [2.24, 2.45) is 5.10 Å². The zero-order chi connectivity index (χ0) is 13.2. The van der Waals surface area contributed by atoms with Crippen molar-refractivity contribution in [3.05, 3.63) is 22.4 Å². The lowest BCUT2D eigenvalue weighted by atomic mass is 10.4. The summed E-state index contributed by atoms with van der Waals surface area (Å²) in [6.45, 7) is 0.938. The maximum Gasteiger partial charge on any atom is 0.329 e. The number of methoxy groups -OCH3 is 1. The number of amides is 2. The van der Waals surface area contributed by atoms with Crippen LogP contribution >= 0.6 is 11.3 Å². The van der Waals surface area contributed by atoms with Crippen molar-refractivity contribution in [2.45, 2.75) is 6.42 Å². The molecule has 0 atom stereocenters. The van der Waals surface area contributed by atoms with E-state index in [0.717, 1.165) is 4.88 Å². The van der Waals surface area contributed by atoms with Gasteiger partial charge in [-0.15, -0.1) is 11.3 Å². The number of thiophene rings is 1. The van der Waals surface area contributed by atoms with Crippen molar-refractivity contribution in [1.29, 1.82) is 0 Å². The van der Waals surface area contributed by atoms with Crippen LogP contribution in [0.5, 0.6) is 0 Å². The monoisotopic (exact) mass is 269 g/mol. The summed E-state index contributed by atoms with van der Waals surface area (Å²) in [7, 11) is 1.58.